The molecule has 2 aliphatic rings. The lowest BCUT2D eigenvalue weighted by Crippen LogP contribution is -2.44. The summed E-state index contributed by atoms with van der Waals surface area (Å²) in [5.41, 5.74) is 0.115. The quantitative estimate of drug-likeness (QED) is 0.311. The molecule has 0 aromatic carbocycles. The van der Waals surface area contributed by atoms with Crippen molar-refractivity contribution in [3.63, 3.8) is 0 Å². The summed E-state index contributed by atoms with van der Waals surface area (Å²) in [6.45, 7) is 10.1. The van der Waals surface area contributed by atoms with Gasteiger partial charge in [0.05, 0.1) is 19.3 Å². The molecule has 0 aliphatic carbocycles. The predicted molar refractivity (Wildman–Crippen MR) is 153 cm³/mol. The molecule has 2 saturated heterocycles. The molecule has 0 spiro atoms. The number of nitrogens with zero attached hydrogens (tertiary/aromatic N) is 7. The molecule has 4 heterocycles. The number of hydrogen-bond donors (Lipinski definition) is 0. The Bertz CT molecular complexity index is 1330. The van der Waals surface area contributed by atoms with Crippen molar-refractivity contribution in [2.24, 2.45) is 11.8 Å². The van der Waals surface area contributed by atoms with Gasteiger partial charge >= 0.3 is 11.9 Å². The first kappa shape index (κ1) is 29.4. The van der Waals surface area contributed by atoms with Crippen LogP contribution in [0, 0.1) is 23.2 Å². The summed E-state index contributed by atoms with van der Waals surface area (Å²) in [6, 6.07) is 3.88. The minimum absolute atomic E-state index is 0.0954. The summed E-state index contributed by atoms with van der Waals surface area (Å²) in [5, 5.41) is 10.0. The van der Waals surface area contributed by atoms with E-state index in [-0.39, 0.29) is 30.4 Å². The fourth-order valence-corrected chi connectivity index (χ4v) is 5.39. The molecule has 0 saturated carbocycles. The van der Waals surface area contributed by atoms with E-state index < -0.39 is 5.60 Å². The maximum absolute atomic E-state index is 12.4. The van der Waals surface area contributed by atoms with Crippen molar-refractivity contribution in [1.29, 1.82) is 5.26 Å². The van der Waals surface area contributed by atoms with Crippen molar-refractivity contribution in [3.05, 3.63) is 18.6 Å². The van der Waals surface area contributed by atoms with Crippen LogP contribution in [0.2, 0.25) is 0 Å². The highest BCUT2D eigenvalue weighted by atomic mass is 32.1. The van der Waals surface area contributed by atoms with Crippen LogP contribution in [-0.4, -0.2) is 97.2 Å². The Kier molecular flexibility index (Phi) is 9.03. The van der Waals surface area contributed by atoms with Gasteiger partial charge in [-0.15, -0.1) is 0 Å². The predicted octanol–water partition coefficient (Wildman–Crippen LogP) is 3.72. The highest BCUT2D eigenvalue weighted by Gasteiger charge is 2.31. The number of rotatable bonds is 4. The Balaban J connectivity index is 1.43. The maximum Gasteiger partial charge on any atom is 0.410 e. The number of ether oxygens (including phenoxy) is 2. The van der Waals surface area contributed by atoms with E-state index in [2.05, 4.69) is 23.1 Å². The third-order valence-corrected chi connectivity index (χ3v) is 7.66. The molecular weight excluding hydrogens is 530 g/mol. The van der Waals surface area contributed by atoms with Crippen LogP contribution in [0.3, 0.4) is 0 Å². The molecule has 40 heavy (non-hydrogen) atoms. The molecule has 4 rings (SSSR count). The second-order valence-corrected chi connectivity index (χ2v) is 11.9. The van der Waals surface area contributed by atoms with Crippen molar-refractivity contribution in [2.45, 2.75) is 65.1 Å². The second kappa shape index (κ2) is 12.3. The zero-order valence-corrected chi connectivity index (χ0v) is 24.7. The fourth-order valence-electron chi connectivity index (χ4n) is 5.11. The average Bonchev–Trinajstić information content (AvgIpc) is 3.34. The monoisotopic (exact) mass is 568 g/mol. The van der Waals surface area contributed by atoms with Crippen LogP contribution < -0.4 is 0 Å². The lowest BCUT2D eigenvalue weighted by molar-refractivity contribution is -0.405. The van der Waals surface area contributed by atoms with E-state index in [0.717, 1.165) is 17.6 Å². The summed E-state index contributed by atoms with van der Waals surface area (Å²) in [7, 11) is 1.94. The van der Waals surface area contributed by atoms with E-state index in [1.54, 1.807) is 14.4 Å². The van der Waals surface area contributed by atoms with Gasteiger partial charge in [0.2, 0.25) is 12.2 Å². The minimum atomic E-state index is -0.528. The standard InChI is InChI=1S/C28H38N7O4S/c1-19-7-12-34(23(36)6-11-29)17-20(19)16-32(5)24-22-10-15-35(25(22)31-18-30-24)27(40)38-21-8-13-33(14-9-21)26(37)39-28(2,3)4/h10,15-16,18-21H,6-9,12-14,17H2,1-5H3/q+1/t19-,20?/m1/s1. The summed E-state index contributed by atoms with van der Waals surface area (Å²) in [5.74, 6) is 1.12. The van der Waals surface area contributed by atoms with Crippen molar-refractivity contribution in [2.75, 3.05) is 33.2 Å². The number of fused-ring (bicyclic) bond motifs is 1. The molecule has 0 N–H and O–H groups in total. The van der Waals surface area contributed by atoms with Gasteiger partial charge in [-0.05, 0) is 56.4 Å². The molecule has 2 atom stereocenters. The number of nitriles is 1. The Morgan fingerprint density at radius 1 is 1.20 bits per heavy atom. The molecule has 0 bridgehead atoms. The van der Waals surface area contributed by atoms with Gasteiger partial charge in [-0.3, -0.25) is 9.36 Å². The number of carbonyl (C=O) groups excluding carboxylic acids is 2. The Morgan fingerprint density at radius 2 is 1.90 bits per heavy atom. The van der Waals surface area contributed by atoms with E-state index >= 15 is 0 Å². The Labute approximate surface area is 240 Å². The van der Waals surface area contributed by atoms with Gasteiger partial charge in [0, 0.05) is 51.1 Å². The molecule has 214 valence electrons. The Morgan fingerprint density at radius 3 is 2.58 bits per heavy atom. The number of hydrogen-bond acceptors (Lipinski definition) is 8. The lowest BCUT2D eigenvalue weighted by Gasteiger charge is -2.34. The molecule has 2 aromatic heterocycles. The number of aromatic nitrogens is 3. The zero-order chi connectivity index (χ0) is 29.0. The summed E-state index contributed by atoms with van der Waals surface area (Å²) in [6.07, 6.45) is 7.12. The third kappa shape index (κ3) is 6.94. The molecule has 1 unspecified atom stereocenters. The largest absolute Gasteiger partial charge is 0.467 e. The first-order valence-corrected chi connectivity index (χ1v) is 14.1. The Hall–Kier alpha value is -3.59. The lowest BCUT2D eigenvalue weighted by atomic mass is 9.87. The van der Waals surface area contributed by atoms with Gasteiger partial charge in [-0.25, -0.2) is 9.37 Å². The zero-order valence-electron chi connectivity index (χ0n) is 23.9. The molecule has 2 fully saturated rings. The molecule has 0 radical (unpaired) electrons. The molecular formula is C28H38N7O4S+. The van der Waals surface area contributed by atoms with Gasteiger partial charge in [0.25, 0.3) is 5.17 Å². The first-order chi connectivity index (χ1) is 19.0. The van der Waals surface area contributed by atoms with Gasteiger partial charge in [0.1, 0.15) is 23.5 Å². The highest BCUT2D eigenvalue weighted by Crippen LogP contribution is 2.26. The third-order valence-electron chi connectivity index (χ3n) is 7.37. The van der Waals surface area contributed by atoms with Crippen molar-refractivity contribution < 1.29 is 23.6 Å². The van der Waals surface area contributed by atoms with Crippen LogP contribution in [0.5, 0.6) is 0 Å². The van der Waals surface area contributed by atoms with Crippen molar-refractivity contribution >= 4 is 52.5 Å². The van der Waals surface area contributed by atoms with Crippen LogP contribution in [0.15, 0.2) is 18.6 Å². The van der Waals surface area contributed by atoms with Crippen molar-refractivity contribution in [3.8, 4) is 6.07 Å². The molecule has 2 aromatic rings. The number of amides is 2. The second-order valence-electron chi connectivity index (χ2n) is 11.5. The normalized spacial score (nSPS) is 20.8. The highest BCUT2D eigenvalue weighted by molar-refractivity contribution is 7.80. The van der Waals surface area contributed by atoms with E-state index in [0.29, 0.717) is 55.8 Å². The summed E-state index contributed by atoms with van der Waals surface area (Å²) < 4.78 is 15.3. The molecule has 12 heteroatoms. The van der Waals surface area contributed by atoms with Crippen LogP contribution in [-0.2, 0) is 14.3 Å². The van der Waals surface area contributed by atoms with E-state index in [1.807, 2.05) is 50.7 Å². The molecule has 11 nitrogen and oxygen atoms in total. The molecule has 2 amide bonds. The van der Waals surface area contributed by atoms with Gasteiger partial charge in [-0.1, -0.05) is 6.92 Å². The summed E-state index contributed by atoms with van der Waals surface area (Å²) >= 11 is 5.64. The fraction of sp³-hybridized carbons (Fsp3) is 0.607. The minimum Gasteiger partial charge on any atom is -0.467 e. The topological polar surface area (TPSA) is 117 Å². The number of thiocarbonyl (C=S) groups is 1. The van der Waals surface area contributed by atoms with Gasteiger partial charge in [0.15, 0.2) is 5.65 Å². The van der Waals surface area contributed by atoms with E-state index in [1.165, 1.54) is 6.33 Å². The SMILES string of the molecule is C[C@@H]1CCN(C(=O)CC#N)CC1C=[N+](C)c1ncnc2c1ccn2C(=S)OC1CCN(C(=O)OC(C)(C)C)CC1. The van der Waals surface area contributed by atoms with Crippen molar-refractivity contribution in [1.82, 2.24) is 24.3 Å². The average molecular weight is 569 g/mol. The smallest absolute Gasteiger partial charge is 0.410 e. The van der Waals surface area contributed by atoms with E-state index in [4.69, 9.17) is 27.0 Å². The van der Waals surface area contributed by atoms with Crippen LogP contribution in [0.4, 0.5) is 10.6 Å². The van der Waals surface area contributed by atoms with Gasteiger partial charge < -0.3 is 19.3 Å². The first-order valence-electron chi connectivity index (χ1n) is 13.7. The molecule has 2 aliphatic heterocycles. The maximum atomic E-state index is 12.4. The number of likely N-dealkylation sites (tertiary alicyclic amines) is 2. The number of carbonyl (C=O) groups is 2. The van der Waals surface area contributed by atoms with Crippen LogP contribution >= 0.6 is 12.2 Å². The van der Waals surface area contributed by atoms with Crippen LogP contribution in [0.1, 0.15) is 53.4 Å². The summed E-state index contributed by atoms with van der Waals surface area (Å²) in [4.78, 5) is 37.1. The number of piperidine rings is 2. The van der Waals surface area contributed by atoms with Gasteiger partial charge in [-0.2, -0.15) is 10.2 Å². The van der Waals surface area contributed by atoms with Crippen LogP contribution in [0.25, 0.3) is 11.0 Å². The van der Waals surface area contributed by atoms with E-state index in [9.17, 15) is 9.59 Å².